The van der Waals surface area contributed by atoms with E-state index in [-0.39, 0.29) is 23.0 Å². The average molecular weight is 421 g/mol. The number of aliphatic hydroxyl groups is 1. The topological polar surface area (TPSA) is 38.1 Å². The molecule has 3 nitrogen and oxygen atoms in total. The lowest BCUT2D eigenvalue weighted by Gasteiger charge is -2.47. The fourth-order valence-corrected chi connectivity index (χ4v) is 5.46. The largest absolute Gasteiger partial charge is 0.388 e. The van der Waals surface area contributed by atoms with Gasteiger partial charge >= 0.3 is 0 Å². The number of nitrogens with zero attached hydrogens (tertiary/aromatic N) is 2. The maximum absolute atomic E-state index is 13.8. The molecule has 1 N–H and O–H groups in total. The van der Waals surface area contributed by atoms with Gasteiger partial charge in [0.2, 0.25) is 0 Å². The van der Waals surface area contributed by atoms with Crippen LogP contribution in [0.25, 0.3) is 11.8 Å². The van der Waals surface area contributed by atoms with Crippen molar-refractivity contribution in [2.75, 3.05) is 0 Å². The van der Waals surface area contributed by atoms with Crippen LogP contribution in [-0.4, -0.2) is 14.9 Å². The second-order valence-electron chi connectivity index (χ2n) is 9.16. The summed E-state index contributed by atoms with van der Waals surface area (Å²) in [5, 5.41) is 15.9. The number of aliphatic hydroxyl groups excluding tert-OH is 1. The van der Waals surface area contributed by atoms with Gasteiger partial charge in [0.25, 0.3) is 0 Å². The van der Waals surface area contributed by atoms with E-state index < -0.39 is 6.10 Å². The number of halogens is 2. The van der Waals surface area contributed by atoms with Gasteiger partial charge in [0.1, 0.15) is 11.6 Å². The zero-order valence-electron chi connectivity index (χ0n) is 17.8. The zero-order chi connectivity index (χ0) is 21.8. The van der Waals surface area contributed by atoms with Crippen LogP contribution in [-0.2, 0) is 6.42 Å². The van der Waals surface area contributed by atoms with Gasteiger partial charge in [0.05, 0.1) is 23.7 Å². The number of benzene rings is 2. The third kappa shape index (κ3) is 3.32. The molecular weight excluding hydrogens is 394 g/mol. The van der Waals surface area contributed by atoms with Crippen LogP contribution in [0.2, 0.25) is 0 Å². The minimum atomic E-state index is -0.651. The summed E-state index contributed by atoms with van der Waals surface area (Å²) in [6.45, 7) is 3.97. The van der Waals surface area contributed by atoms with Crippen LogP contribution in [0.3, 0.4) is 0 Å². The quantitative estimate of drug-likeness (QED) is 0.570. The molecule has 2 aromatic carbocycles. The van der Waals surface area contributed by atoms with Gasteiger partial charge in [0.15, 0.2) is 0 Å². The van der Waals surface area contributed by atoms with Crippen molar-refractivity contribution in [2.24, 2.45) is 11.3 Å². The second-order valence-corrected chi connectivity index (χ2v) is 9.16. The lowest BCUT2D eigenvalue weighted by molar-refractivity contribution is 0.0216. The predicted octanol–water partition coefficient (Wildman–Crippen LogP) is 5.94. The van der Waals surface area contributed by atoms with Crippen molar-refractivity contribution in [1.82, 2.24) is 9.78 Å². The molecule has 160 valence electrons. The molecule has 1 heterocycles. The molecule has 1 fully saturated rings. The van der Waals surface area contributed by atoms with E-state index >= 15 is 0 Å². The Labute approximate surface area is 181 Å². The van der Waals surface area contributed by atoms with Crippen LogP contribution in [0.15, 0.2) is 54.2 Å². The van der Waals surface area contributed by atoms with Gasteiger partial charge in [-0.05, 0) is 97.0 Å². The standard InChI is InChI=1S/C26H26F2N2O/c1-16-12-17(6-11-23(16)28)25(31)22-5-3-4-19-13-24-18(14-26(19,22)2)15-29-30(24)21-9-7-20(27)8-10-21/h6-13,15,22,25,31H,3-5,14H2,1-2H3/t22-,25+,26?/m1/s1. The summed E-state index contributed by atoms with van der Waals surface area (Å²) >= 11 is 0. The average Bonchev–Trinajstić information content (AvgIpc) is 3.15. The van der Waals surface area contributed by atoms with Crippen LogP contribution >= 0.6 is 0 Å². The molecule has 3 atom stereocenters. The normalized spacial score (nSPS) is 23.6. The molecular formula is C26H26F2N2O. The number of hydrogen-bond donors (Lipinski definition) is 1. The first kappa shape index (κ1) is 20.1. The van der Waals surface area contributed by atoms with Gasteiger partial charge in [0, 0.05) is 0 Å². The minimum Gasteiger partial charge on any atom is -0.388 e. The zero-order valence-corrected chi connectivity index (χ0v) is 17.8. The Morgan fingerprint density at radius 1 is 1.16 bits per heavy atom. The summed E-state index contributed by atoms with van der Waals surface area (Å²) < 4.78 is 29.0. The van der Waals surface area contributed by atoms with Gasteiger partial charge in [-0.25, -0.2) is 13.5 Å². The van der Waals surface area contributed by atoms with Crippen molar-refractivity contribution in [1.29, 1.82) is 0 Å². The van der Waals surface area contributed by atoms with Crippen LogP contribution < -0.4 is 0 Å². The molecule has 1 saturated carbocycles. The SMILES string of the molecule is Cc1cc([C@H](O)[C@H]2CCCC3=Cc4c(cnn4-c4ccc(F)cc4)CC32C)ccc1F. The third-order valence-electron chi connectivity index (χ3n) is 7.24. The second kappa shape index (κ2) is 7.41. The van der Waals surface area contributed by atoms with Crippen LogP contribution in [0.4, 0.5) is 8.78 Å². The minimum absolute atomic E-state index is 0.0414. The number of rotatable bonds is 3. The first-order chi connectivity index (χ1) is 14.9. The maximum atomic E-state index is 13.8. The van der Waals surface area contributed by atoms with Crippen molar-refractivity contribution in [3.63, 3.8) is 0 Å². The van der Waals surface area contributed by atoms with Crippen molar-refractivity contribution in [3.05, 3.63) is 88.3 Å². The van der Waals surface area contributed by atoms with Gasteiger partial charge in [-0.1, -0.05) is 24.6 Å². The van der Waals surface area contributed by atoms with Gasteiger partial charge in [-0.15, -0.1) is 0 Å². The molecule has 5 heteroatoms. The number of hydrogen-bond acceptors (Lipinski definition) is 2. The maximum Gasteiger partial charge on any atom is 0.126 e. The lowest BCUT2D eigenvalue weighted by atomic mass is 9.57. The van der Waals surface area contributed by atoms with E-state index in [9.17, 15) is 13.9 Å². The Hall–Kier alpha value is -2.79. The van der Waals surface area contributed by atoms with E-state index in [1.807, 2.05) is 10.9 Å². The first-order valence-electron chi connectivity index (χ1n) is 10.8. The summed E-state index contributed by atoms with van der Waals surface area (Å²) in [6, 6.07) is 11.3. The van der Waals surface area contributed by atoms with Crippen LogP contribution in [0.1, 0.15) is 54.7 Å². The van der Waals surface area contributed by atoms with E-state index in [2.05, 4.69) is 18.1 Å². The molecule has 0 bridgehead atoms. The highest BCUT2D eigenvalue weighted by Crippen LogP contribution is 2.54. The third-order valence-corrected chi connectivity index (χ3v) is 7.24. The summed E-state index contributed by atoms with van der Waals surface area (Å²) in [5.74, 6) is -0.475. The monoisotopic (exact) mass is 420 g/mol. The summed E-state index contributed by atoms with van der Waals surface area (Å²) in [7, 11) is 0. The fraction of sp³-hybridized carbons (Fsp3) is 0.346. The predicted molar refractivity (Wildman–Crippen MR) is 117 cm³/mol. The molecule has 2 aliphatic rings. The molecule has 0 saturated heterocycles. The highest BCUT2D eigenvalue weighted by atomic mass is 19.1. The van der Waals surface area contributed by atoms with E-state index in [0.717, 1.165) is 48.2 Å². The Bertz CT molecular complexity index is 1160. The number of allylic oxidation sites excluding steroid dienone is 1. The van der Waals surface area contributed by atoms with E-state index in [4.69, 9.17) is 0 Å². The molecule has 1 unspecified atom stereocenters. The Kier molecular flexibility index (Phi) is 4.82. The summed E-state index contributed by atoms with van der Waals surface area (Å²) in [5.41, 5.74) is 5.45. The van der Waals surface area contributed by atoms with Gasteiger partial charge in [-0.3, -0.25) is 0 Å². The summed E-state index contributed by atoms with van der Waals surface area (Å²) in [4.78, 5) is 0. The molecule has 31 heavy (non-hydrogen) atoms. The summed E-state index contributed by atoms with van der Waals surface area (Å²) in [6.07, 6.45) is 7.15. The molecule has 0 radical (unpaired) electrons. The van der Waals surface area contributed by atoms with E-state index in [0.29, 0.717) is 5.56 Å². The molecule has 5 rings (SSSR count). The Morgan fingerprint density at radius 3 is 2.68 bits per heavy atom. The van der Waals surface area contributed by atoms with Crippen molar-refractivity contribution >= 4 is 6.08 Å². The number of aromatic nitrogens is 2. The highest BCUT2D eigenvalue weighted by Gasteiger charge is 2.46. The molecule has 1 aromatic heterocycles. The van der Waals surface area contributed by atoms with Crippen LogP contribution in [0, 0.1) is 29.9 Å². The van der Waals surface area contributed by atoms with Crippen molar-refractivity contribution in [2.45, 2.75) is 45.6 Å². The highest BCUT2D eigenvalue weighted by molar-refractivity contribution is 5.61. The molecule has 0 amide bonds. The number of fused-ring (bicyclic) bond motifs is 2. The smallest absolute Gasteiger partial charge is 0.126 e. The van der Waals surface area contributed by atoms with Gasteiger partial charge < -0.3 is 5.11 Å². The molecule has 0 aliphatic heterocycles. The fourth-order valence-electron chi connectivity index (χ4n) is 5.46. The van der Waals surface area contributed by atoms with Crippen molar-refractivity contribution in [3.8, 4) is 5.69 Å². The molecule has 2 aliphatic carbocycles. The Morgan fingerprint density at radius 2 is 1.94 bits per heavy atom. The molecule has 0 spiro atoms. The van der Waals surface area contributed by atoms with E-state index in [1.54, 1.807) is 31.2 Å². The van der Waals surface area contributed by atoms with Crippen molar-refractivity contribution < 1.29 is 13.9 Å². The lowest BCUT2D eigenvalue weighted by Crippen LogP contribution is -2.40. The molecule has 3 aromatic rings. The van der Waals surface area contributed by atoms with Gasteiger partial charge in [-0.2, -0.15) is 5.10 Å². The first-order valence-corrected chi connectivity index (χ1v) is 10.8. The van der Waals surface area contributed by atoms with Crippen LogP contribution in [0.5, 0.6) is 0 Å². The number of aryl methyl sites for hydroxylation is 1. The Balaban J connectivity index is 1.51. The van der Waals surface area contributed by atoms with E-state index in [1.165, 1.54) is 23.8 Å².